The van der Waals surface area contributed by atoms with E-state index in [0.717, 1.165) is 41.9 Å². The summed E-state index contributed by atoms with van der Waals surface area (Å²) in [5.41, 5.74) is 6.11. The number of para-hydroxylation sites is 1. The minimum Gasteiger partial charge on any atom is -0.494 e. The number of benzene rings is 2. The van der Waals surface area contributed by atoms with Gasteiger partial charge in [0.2, 0.25) is 0 Å². The van der Waals surface area contributed by atoms with Crippen LogP contribution < -0.4 is 9.64 Å². The van der Waals surface area contributed by atoms with E-state index in [1.54, 1.807) is 7.11 Å². The van der Waals surface area contributed by atoms with Gasteiger partial charge >= 0.3 is 0 Å². The Kier molecular flexibility index (Phi) is 3.41. The minimum atomic E-state index is 0.838. The van der Waals surface area contributed by atoms with E-state index in [4.69, 9.17) is 9.72 Å². The standard InChI is InChI=1S/C20H20N2O/c1-14-12-18(17-8-5-9-19(23-2)20(17)21-14)22-11-10-15-6-3-4-7-16(15)13-22/h3-9,12H,10-11,13H2,1-2H3. The molecule has 1 aliphatic heterocycles. The first-order valence-corrected chi connectivity index (χ1v) is 8.02. The van der Waals surface area contributed by atoms with Crippen molar-refractivity contribution in [3.63, 3.8) is 0 Å². The molecule has 2 aromatic carbocycles. The normalized spacial score (nSPS) is 13.9. The monoisotopic (exact) mass is 304 g/mol. The van der Waals surface area contributed by atoms with Gasteiger partial charge in [-0.3, -0.25) is 0 Å². The van der Waals surface area contributed by atoms with Crippen LogP contribution in [0.25, 0.3) is 10.9 Å². The second-order valence-electron chi connectivity index (χ2n) is 6.08. The Balaban J connectivity index is 1.84. The average Bonchev–Trinajstić information content (AvgIpc) is 2.60. The van der Waals surface area contributed by atoms with Crippen LogP contribution in [0.3, 0.4) is 0 Å². The number of nitrogens with zero attached hydrogens (tertiary/aromatic N) is 2. The number of aromatic nitrogens is 1. The molecule has 2 heterocycles. The summed E-state index contributed by atoms with van der Waals surface area (Å²) < 4.78 is 5.50. The van der Waals surface area contributed by atoms with Crippen LogP contribution in [0.15, 0.2) is 48.5 Å². The number of ether oxygens (including phenoxy) is 1. The van der Waals surface area contributed by atoms with Crippen LogP contribution in [0.1, 0.15) is 16.8 Å². The number of pyridine rings is 1. The first-order valence-electron chi connectivity index (χ1n) is 8.02. The van der Waals surface area contributed by atoms with Crippen LogP contribution in [-0.2, 0) is 13.0 Å². The molecule has 0 amide bonds. The molecule has 0 bridgehead atoms. The molecule has 0 aliphatic carbocycles. The minimum absolute atomic E-state index is 0.838. The van der Waals surface area contributed by atoms with Crippen molar-refractivity contribution in [2.75, 3.05) is 18.6 Å². The van der Waals surface area contributed by atoms with Gasteiger partial charge in [0.25, 0.3) is 0 Å². The Bertz CT molecular complexity index is 873. The van der Waals surface area contributed by atoms with Gasteiger partial charge in [0.1, 0.15) is 11.3 Å². The SMILES string of the molecule is COc1cccc2c(N3CCc4ccccc4C3)cc(C)nc12. The van der Waals surface area contributed by atoms with Crippen molar-refractivity contribution in [3.05, 3.63) is 65.4 Å². The molecule has 116 valence electrons. The molecule has 1 aromatic heterocycles. The maximum Gasteiger partial charge on any atom is 0.145 e. The summed E-state index contributed by atoms with van der Waals surface area (Å²) >= 11 is 0. The molecule has 23 heavy (non-hydrogen) atoms. The second kappa shape index (κ2) is 5.58. The molecular weight excluding hydrogens is 284 g/mol. The van der Waals surface area contributed by atoms with Gasteiger partial charge in [-0.25, -0.2) is 4.98 Å². The molecule has 3 heteroatoms. The molecule has 0 N–H and O–H groups in total. The van der Waals surface area contributed by atoms with Crippen molar-refractivity contribution in [2.24, 2.45) is 0 Å². The summed E-state index contributed by atoms with van der Waals surface area (Å²) in [5.74, 6) is 0.838. The van der Waals surface area contributed by atoms with Gasteiger partial charge < -0.3 is 9.64 Å². The van der Waals surface area contributed by atoms with E-state index in [2.05, 4.69) is 41.3 Å². The van der Waals surface area contributed by atoms with Gasteiger partial charge in [0, 0.05) is 29.9 Å². The van der Waals surface area contributed by atoms with Gasteiger partial charge in [-0.15, -0.1) is 0 Å². The average molecular weight is 304 g/mol. The van der Waals surface area contributed by atoms with Crippen LogP contribution >= 0.6 is 0 Å². The van der Waals surface area contributed by atoms with E-state index < -0.39 is 0 Å². The van der Waals surface area contributed by atoms with Crippen LogP contribution in [0, 0.1) is 6.92 Å². The highest BCUT2D eigenvalue weighted by Crippen LogP contribution is 2.34. The highest BCUT2D eigenvalue weighted by Gasteiger charge is 2.19. The molecule has 1 aliphatic rings. The fourth-order valence-corrected chi connectivity index (χ4v) is 3.46. The van der Waals surface area contributed by atoms with Crippen LogP contribution in [0.5, 0.6) is 5.75 Å². The molecular formula is C20H20N2O. The summed E-state index contributed by atoms with van der Waals surface area (Å²) in [6, 6.07) is 17.1. The van der Waals surface area contributed by atoms with E-state index in [9.17, 15) is 0 Å². The number of aryl methyl sites for hydroxylation is 1. The van der Waals surface area contributed by atoms with Crippen LogP contribution in [-0.4, -0.2) is 18.6 Å². The quantitative estimate of drug-likeness (QED) is 0.712. The van der Waals surface area contributed by atoms with E-state index >= 15 is 0 Å². The summed E-state index contributed by atoms with van der Waals surface area (Å²) in [4.78, 5) is 7.15. The number of hydrogen-bond acceptors (Lipinski definition) is 3. The van der Waals surface area contributed by atoms with Crippen LogP contribution in [0.2, 0.25) is 0 Å². The third kappa shape index (κ3) is 2.42. The summed E-state index contributed by atoms with van der Waals surface area (Å²) in [6.45, 7) is 4.03. The largest absolute Gasteiger partial charge is 0.494 e. The molecule has 0 atom stereocenters. The Morgan fingerprint density at radius 1 is 1.04 bits per heavy atom. The molecule has 0 saturated carbocycles. The predicted octanol–water partition coefficient (Wildman–Crippen LogP) is 4.11. The van der Waals surface area contributed by atoms with Crippen molar-refractivity contribution < 1.29 is 4.74 Å². The van der Waals surface area contributed by atoms with E-state index in [1.807, 2.05) is 19.1 Å². The second-order valence-corrected chi connectivity index (χ2v) is 6.08. The number of rotatable bonds is 2. The maximum absolute atomic E-state index is 5.50. The van der Waals surface area contributed by atoms with Crippen molar-refractivity contribution in [2.45, 2.75) is 19.9 Å². The van der Waals surface area contributed by atoms with E-state index in [1.165, 1.54) is 16.8 Å². The van der Waals surface area contributed by atoms with Crippen molar-refractivity contribution >= 4 is 16.6 Å². The lowest BCUT2D eigenvalue weighted by molar-refractivity contribution is 0.419. The van der Waals surface area contributed by atoms with Gasteiger partial charge in [0.15, 0.2) is 0 Å². The summed E-state index contributed by atoms with van der Waals surface area (Å²) in [7, 11) is 1.70. The summed E-state index contributed by atoms with van der Waals surface area (Å²) in [6.07, 6.45) is 1.09. The lowest BCUT2D eigenvalue weighted by Crippen LogP contribution is -2.30. The first kappa shape index (κ1) is 14.1. The van der Waals surface area contributed by atoms with Crippen molar-refractivity contribution in [1.29, 1.82) is 0 Å². The molecule has 3 aromatic rings. The molecule has 0 fully saturated rings. The zero-order valence-corrected chi connectivity index (χ0v) is 13.5. The molecule has 3 nitrogen and oxygen atoms in total. The zero-order chi connectivity index (χ0) is 15.8. The fourth-order valence-electron chi connectivity index (χ4n) is 3.46. The third-order valence-electron chi connectivity index (χ3n) is 4.60. The Hall–Kier alpha value is -2.55. The number of methoxy groups -OCH3 is 1. The van der Waals surface area contributed by atoms with E-state index in [0.29, 0.717) is 0 Å². The third-order valence-corrected chi connectivity index (χ3v) is 4.60. The molecule has 0 radical (unpaired) electrons. The molecule has 4 rings (SSSR count). The van der Waals surface area contributed by atoms with Gasteiger partial charge in [0.05, 0.1) is 7.11 Å². The Morgan fingerprint density at radius 3 is 2.70 bits per heavy atom. The molecule has 0 unspecified atom stereocenters. The highest BCUT2D eigenvalue weighted by molar-refractivity contribution is 5.95. The number of hydrogen-bond donors (Lipinski definition) is 0. The zero-order valence-electron chi connectivity index (χ0n) is 13.5. The van der Waals surface area contributed by atoms with Gasteiger partial charge in [-0.2, -0.15) is 0 Å². The van der Waals surface area contributed by atoms with Crippen molar-refractivity contribution in [1.82, 2.24) is 4.98 Å². The Morgan fingerprint density at radius 2 is 1.87 bits per heavy atom. The molecule has 0 spiro atoms. The lowest BCUT2D eigenvalue weighted by Gasteiger charge is -2.31. The molecule has 0 saturated heterocycles. The topological polar surface area (TPSA) is 25.4 Å². The first-order chi connectivity index (χ1) is 11.3. The van der Waals surface area contributed by atoms with Crippen molar-refractivity contribution in [3.8, 4) is 5.75 Å². The highest BCUT2D eigenvalue weighted by atomic mass is 16.5. The number of anilines is 1. The fraction of sp³-hybridized carbons (Fsp3) is 0.250. The van der Waals surface area contributed by atoms with E-state index in [-0.39, 0.29) is 0 Å². The summed E-state index contributed by atoms with van der Waals surface area (Å²) in [5, 5.41) is 1.16. The van der Waals surface area contributed by atoms with Crippen LogP contribution in [0.4, 0.5) is 5.69 Å². The smallest absolute Gasteiger partial charge is 0.145 e. The lowest BCUT2D eigenvalue weighted by atomic mass is 9.99. The van der Waals surface area contributed by atoms with Gasteiger partial charge in [-0.1, -0.05) is 36.4 Å². The number of fused-ring (bicyclic) bond motifs is 2. The van der Waals surface area contributed by atoms with Gasteiger partial charge in [-0.05, 0) is 36.6 Å². The predicted molar refractivity (Wildman–Crippen MR) is 94.2 cm³/mol. The maximum atomic E-state index is 5.50. The Labute approximate surface area is 136 Å².